The molecule has 216 valence electrons. The average molecular weight is 570 g/mol. The summed E-state index contributed by atoms with van der Waals surface area (Å²) in [4.78, 5) is 23.6. The molecule has 1 aliphatic heterocycles. The summed E-state index contributed by atoms with van der Waals surface area (Å²) in [6.07, 6.45) is -3.11. The fourth-order valence-electron chi connectivity index (χ4n) is 4.59. The van der Waals surface area contributed by atoms with Crippen LogP contribution in [0.15, 0.2) is 115 Å². The number of carbonyl (C=O) groups excluding carboxylic acids is 1. The quantitative estimate of drug-likeness (QED) is 0.112. The maximum atomic E-state index is 13.1. The standard InChI is InChI=1S/C33H31NO8/c35-32(27-16-18-28(19-17-27)34(36)37)42-33-31(40-22-26-14-8-3-9-15-26)30(39-21-25-12-6-2-7-13-25)29(41-33)23-38-20-24-10-4-1-5-11-24/h1-19,29-31,33H,20-23H2/t29-,30-,31+,33?/m0/s1. The van der Waals surface area contributed by atoms with E-state index in [1.165, 1.54) is 24.3 Å². The minimum absolute atomic E-state index is 0.127. The second-order valence-electron chi connectivity index (χ2n) is 9.78. The van der Waals surface area contributed by atoms with Crippen LogP contribution in [-0.4, -0.2) is 42.1 Å². The molecule has 9 nitrogen and oxygen atoms in total. The fraction of sp³-hybridized carbons (Fsp3) is 0.242. The zero-order chi connectivity index (χ0) is 29.1. The summed E-state index contributed by atoms with van der Waals surface area (Å²) in [5.74, 6) is -0.698. The molecule has 0 radical (unpaired) electrons. The van der Waals surface area contributed by atoms with Gasteiger partial charge in [-0.15, -0.1) is 0 Å². The number of nitro groups is 1. The van der Waals surface area contributed by atoms with Gasteiger partial charge >= 0.3 is 5.97 Å². The zero-order valence-corrected chi connectivity index (χ0v) is 22.8. The highest BCUT2D eigenvalue weighted by atomic mass is 16.7. The Morgan fingerprint density at radius 2 is 1.19 bits per heavy atom. The summed E-state index contributed by atoms with van der Waals surface area (Å²) in [6, 6.07) is 34.3. The zero-order valence-electron chi connectivity index (χ0n) is 22.8. The molecular weight excluding hydrogens is 538 g/mol. The van der Waals surface area contributed by atoms with Gasteiger partial charge in [-0.2, -0.15) is 0 Å². The van der Waals surface area contributed by atoms with Gasteiger partial charge in [-0.3, -0.25) is 10.1 Å². The van der Waals surface area contributed by atoms with Crippen molar-refractivity contribution in [2.75, 3.05) is 6.61 Å². The summed E-state index contributed by atoms with van der Waals surface area (Å²) in [5.41, 5.74) is 2.93. The first-order valence-electron chi connectivity index (χ1n) is 13.6. The summed E-state index contributed by atoms with van der Waals surface area (Å²) in [7, 11) is 0. The van der Waals surface area contributed by atoms with Crippen molar-refractivity contribution in [3.8, 4) is 0 Å². The Morgan fingerprint density at radius 3 is 1.71 bits per heavy atom. The number of rotatable bonds is 13. The molecule has 0 bridgehead atoms. The molecule has 1 aliphatic rings. The molecule has 0 aromatic heterocycles. The summed E-state index contributed by atoms with van der Waals surface area (Å²) < 4.78 is 30.7. The van der Waals surface area contributed by atoms with E-state index in [1.54, 1.807) is 0 Å². The fourth-order valence-corrected chi connectivity index (χ4v) is 4.59. The van der Waals surface area contributed by atoms with Crippen LogP contribution in [0.3, 0.4) is 0 Å². The van der Waals surface area contributed by atoms with Crippen molar-refractivity contribution in [3.63, 3.8) is 0 Å². The number of carbonyl (C=O) groups is 1. The molecule has 1 saturated heterocycles. The van der Waals surface area contributed by atoms with E-state index in [9.17, 15) is 14.9 Å². The monoisotopic (exact) mass is 569 g/mol. The van der Waals surface area contributed by atoms with Crippen LogP contribution in [-0.2, 0) is 43.5 Å². The van der Waals surface area contributed by atoms with E-state index in [4.69, 9.17) is 23.7 Å². The highest BCUT2D eigenvalue weighted by Crippen LogP contribution is 2.31. The van der Waals surface area contributed by atoms with Crippen LogP contribution in [0.5, 0.6) is 0 Å². The highest BCUT2D eigenvalue weighted by molar-refractivity contribution is 5.89. The van der Waals surface area contributed by atoms with Crippen LogP contribution in [0.4, 0.5) is 5.69 Å². The maximum Gasteiger partial charge on any atom is 0.340 e. The number of esters is 1. The van der Waals surface area contributed by atoms with Crippen LogP contribution < -0.4 is 0 Å². The molecule has 4 atom stereocenters. The Balaban J connectivity index is 1.35. The Hall–Kier alpha value is -4.41. The van der Waals surface area contributed by atoms with Gasteiger partial charge in [-0.1, -0.05) is 91.0 Å². The molecule has 0 N–H and O–H groups in total. The lowest BCUT2D eigenvalue weighted by Crippen LogP contribution is -2.40. The first-order chi connectivity index (χ1) is 20.6. The first kappa shape index (κ1) is 29.1. The van der Waals surface area contributed by atoms with Gasteiger partial charge < -0.3 is 23.7 Å². The molecule has 5 rings (SSSR count). The topological polar surface area (TPSA) is 106 Å². The van der Waals surface area contributed by atoms with Crippen molar-refractivity contribution in [3.05, 3.63) is 148 Å². The summed E-state index contributed by atoms with van der Waals surface area (Å²) in [6.45, 7) is 1.07. The number of non-ortho nitro benzene ring substituents is 1. The van der Waals surface area contributed by atoms with Crippen LogP contribution in [0.25, 0.3) is 0 Å². The molecule has 4 aromatic carbocycles. The Labute approximate surface area is 243 Å². The molecule has 42 heavy (non-hydrogen) atoms. The molecule has 1 fully saturated rings. The normalized spacial score (nSPS) is 19.8. The van der Waals surface area contributed by atoms with E-state index >= 15 is 0 Å². The van der Waals surface area contributed by atoms with Crippen molar-refractivity contribution in [1.82, 2.24) is 0 Å². The molecular formula is C33H31NO8. The van der Waals surface area contributed by atoms with Gasteiger partial charge in [0.2, 0.25) is 6.29 Å². The number of nitro benzene ring substituents is 1. The van der Waals surface area contributed by atoms with Crippen LogP contribution >= 0.6 is 0 Å². The first-order valence-corrected chi connectivity index (χ1v) is 13.6. The minimum atomic E-state index is -1.11. The van der Waals surface area contributed by atoms with Gasteiger partial charge in [-0.25, -0.2) is 4.79 Å². The number of ether oxygens (including phenoxy) is 5. The van der Waals surface area contributed by atoms with Gasteiger partial charge in [0, 0.05) is 12.1 Å². The second-order valence-corrected chi connectivity index (χ2v) is 9.78. The van der Waals surface area contributed by atoms with E-state index in [1.807, 2.05) is 91.0 Å². The van der Waals surface area contributed by atoms with Gasteiger partial charge in [-0.05, 0) is 28.8 Å². The van der Waals surface area contributed by atoms with Crippen molar-refractivity contribution >= 4 is 11.7 Å². The second kappa shape index (κ2) is 14.5. The third-order valence-electron chi connectivity index (χ3n) is 6.77. The molecule has 1 unspecified atom stereocenters. The van der Waals surface area contributed by atoms with E-state index in [0.29, 0.717) is 6.61 Å². The number of benzene rings is 4. The summed E-state index contributed by atoms with van der Waals surface area (Å²) in [5, 5.41) is 11.0. The molecule has 0 aliphatic carbocycles. The predicted molar refractivity (Wildman–Crippen MR) is 153 cm³/mol. The van der Waals surface area contributed by atoms with Gasteiger partial charge in [0.1, 0.15) is 18.3 Å². The molecule has 1 heterocycles. The Bertz CT molecular complexity index is 1420. The van der Waals surface area contributed by atoms with Crippen molar-refractivity contribution in [1.29, 1.82) is 0 Å². The van der Waals surface area contributed by atoms with Gasteiger partial charge in [0.25, 0.3) is 5.69 Å². The van der Waals surface area contributed by atoms with Gasteiger partial charge in [0.15, 0.2) is 0 Å². The Kier molecular flexibility index (Phi) is 10.0. The van der Waals surface area contributed by atoms with Crippen LogP contribution in [0, 0.1) is 10.1 Å². The number of hydrogen-bond acceptors (Lipinski definition) is 8. The molecule has 0 amide bonds. The molecule has 0 saturated carbocycles. The van der Waals surface area contributed by atoms with Crippen molar-refractivity contribution < 1.29 is 33.4 Å². The smallest absolute Gasteiger partial charge is 0.340 e. The highest BCUT2D eigenvalue weighted by Gasteiger charge is 2.48. The van der Waals surface area contributed by atoms with Crippen LogP contribution in [0.2, 0.25) is 0 Å². The third-order valence-corrected chi connectivity index (χ3v) is 6.77. The lowest BCUT2D eigenvalue weighted by Gasteiger charge is -2.25. The SMILES string of the molecule is O=C(OC1O[C@@H](COCc2ccccc2)[C@H](OCc2ccccc2)[C@H]1OCc1ccccc1)c1ccc([N+](=O)[O-])cc1. The average Bonchev–Trinajstić information content (AvgIpc) is 3.35. The Morgan fingerprint density at radius 1 is 0.690 bits per heavy atom. The van der Waals surface area contributed by atoms with Crippen LogP contribution in [0.1, 0.15) is 27.0 Å². The lowest BCUT2D eigenvalue weighted by molar-refractivity contribution is -0.384. The molecule has 0 spiro atoms. The molecule has 9 heteroatoms. The molecule has 4 aromatic rings. The van der Waals surface area contributed by atoms with E-state index in [0.717, 1.165) is 16.7 Å². The van der Waals surface area contributed by atoms with E-state index in [2.05, 4.69) is 0 Å². The summed E-state index contributed by atoms with van der Waals surface area (Å²) >= 11 is 0. The van der Waals surface area contributed by atoms with Gasteiger partial charge in [0.05, 0.1) is 36.9 Å². The van der Waals surface area contributed by atoms with E-state index < -0.39 is 35.5 Å². The third kappa shape index (κ3) is 7.86. The largest absolute Gasteiger partial charge is 0.429 e. The van der Waals surface area contributed by atoms with Crippen molar-refractivity contribution in [2.24, 2.45) is 0 Å². The van der Waals surface area contributed by atoms with E-state index in [-0.39, 0.29) is 31.1 Å². The number of hydrogen-bond donors (Lipinski definition) is 0. The maximum absolute atomic E-state index is 13.1. The minimum Gasteiger partial charge on any atom is -0.429 e. The van der Waals surface area contributed by atoms with Crippen molar-refractivity contribution in [2.45, 2.75) is 44.4 Å². The lowest BCUT2D eigenvalue weighted by atomic mass is 10.1. The number of nitrogens with zero attached hydrogens (tertiary/aromatic N) is 1. The predicted octanol–water partition coefficient (Wildman–Crippen LogP) is 5.86.